The van der Waals surface area contributed by atoms with E-state index in [4.69, 9.17) is 33.2 Å². The first-order chi connectivity index (χ1) is 26.4. The molecule has 0 aliphatic carbocycles. The monoisotopic (exact) mass is 738 g/mol. The molecule has 4 aromatic rings. The number of amides is 1. The second-order valence-electron chi connectivity index (χ2n) is 13.2. The highest BCUT2D eigenvalue weighted by Crippen LogP contribution is 2.39. The van der Waals surface area contributed by atoms with E-state index >= 15 is 0 Å². The van der Waals surface area contributed by atoms with E-state index in [1.165, 1.54) is 25.7 Å². The van der Waals surface area contributed by atoms with Gasteiger partial charge in [0.1, 0.15) is 6.17 Å². The second kappa shape index (κ2) is 20.1. The smallest absolute Gasteiger partial charge is 0.255 e. The van der Waals surface area contributed by atoms with Crippen LogP contribution >= 0.6 is 0 Å². The summed E-state index contributed by atoms with van der Waals surface area (Å²) >= 11 is 0. The van der Waals surface area contributed by atoms with Crippen molar-refractivity contribution in [2.45, 2.75) is 64.5 Å². The van der Waals surface area contributed by atoms with Crippen molar-refractivity contribution in [3.05, 3.63) is 94.5 Å². The van der Waals surface area contributed by atoms with Crippen LogP contribution in [0, 0.1) is 6.92 Å². The molecule has 2 N–H and O–H groups in total. The third-order valence-electron chi connectivity index (χ3n) is 9.41. The van der Waals surface area contributed by atoms with Crippen molar-refractivity contribution in [2.75, 3.05) is 54.1 Å². The number of aryl methyl sites for hydroxylation is 1. The first-order valence-corrected chi connectivity index (χ1v) is 18.6. The van der Waals surface area contributed by atoms with Crippen LogP contribution in [0.15, 0.2) is 66.7 Å². The molecule has 1 amide bonds. The fourth-order valence-corrected chi connectivity index (χ4v) is 6.45. The average molecular weight is 739 g/mol. The Hall–Kier alpha value is -5.51. The summed E-state index contributed by atoms with van der Waals surface area (Å²) in [6.07, 6.45) is 12.6. The number of hydrogen-bond donors (Lipinski definition) is 2. The molecule has 0 fully saturated rings. The third-order valence-corrected chi connectivity index (χ3v) is 9.41. The van der Waals surface area contributed by atoms with Gasteiger partial charge >= 0.3 is 0 Å². The van der Waals surface area contributed by atoms with Crippen LogP contribution in [0.1, 0.15) is 90.1 Å². The molecule has 0 spiro atoms. The second-order valence-corrected chi connectivity index (χ2v) is 13.2. The Bertz CT molecular complexity index is 1850. The summed E-state index contributed by atoms with van der Waals surface area (Å²) in [7, 11) is 8.11. The topological polar surface area (TPSA) is 106 Å². The number of unbranched alkanes of at least 4 members (excludes halogenated alkanes) is 7. The van der Waals surface area contributed by atoms with Crippen molar-refractivity contribution in [2.24, 2.45) is 0 Å². The molecule has 10 heteroatoms. The number of carbonyl (C=O) groups excluding carboxylic acids is 1. The summed E-state index contributed by atoms with van der Waals surface area (Å²) in [5, 5.41) is 6.45. The van der Waals surface area contributed by atoms with Crippen molar-refractivity contribution >= 4 is 23.7 Å². The number of carbonyl (C=O) groups is 1. The molecule has 1 heterocycles. The van der Waals surface area contributed by atoms with Gasteiger partial charge in [-0.2, -0.15) is 0 Å². The molecule has 1 atom stereocenters. The molecule has 0 radical (unpaired) electrons. The number of fused-ring (bicyclic) bond motifs is 1. The van der Waals surface area contributed by atoms with E-state index in [0.717, 1.165) is 59.4 Å². The van der Waals surface area contributed by atoms with E-state index in [1.807, 2.05) is 85.8 Å². The number of anilines is 1. The number of methoxy groups -OCH3 is 5. The normalized spacial score (nSPS) is 13.4. The highest BCUT2D eigenvalue weighted by Gasteiger charge is 2.25. The van der Waals surface area contributed by atoms with Gasteiger partial charge in [-0.1, -0.05) is 74.4 Å². The van der Waals surface area contributed by atoms with Gasteiger partial charge in [0.2, 0.25) is 5.75 Å². The first kappa shape index (κ1) is 39.7. The minimum absolute atomic E-state index is 0.0930. The maximum absolute atomic E-state index is 12.7. The number of benzene rings is 4. The summed E-state index contributed by atoms with van der Waals surface area (Å²) in [4.78, 5) is 12.7. The molecule has 288 valence electrons. The van der Waals surface area contributed by atoms with Gasteiger partial charge in [0.05, 0.1) is 54.3 Å². The summed E-state index contributed by atoms with van der Waals surface area (Å²) in [5.41, 5.74) is 5.34. The standard InChI is InChI=1S/C44H54N2O8/c1-30-15-20-35-34(25-30)44(47)46-43(45-35)33-19-22-37(38(29-33)49-3)53-23-13-11-9-7-8-10-12-14-24-54-39-26-31(18-21-36(39)48-2)16-17-32-27-40(50-4)42(52-6)41(28-32)51-5/h15-22,25-29,43,45H,7-14,23-24H2,1-6H3,(H,46,47)/b17-16+. The predicted octanol–water partition coefficient (Wildman–Crippen LogP) is 9.64. The lowest BCUT2D eigenvalue weighted by atomic mass is 10.0. The lowest BCUT2D eigenvalue weighted by molar-refractivity contribution is 0.0935. The molecule has 5 rings (SSSR count). The Morgan fingerprint density at radius 3 is 1.74 bits per heavy atom. The van der Waals surface area contributed by atoms with Crippen molar-refractivity contribution in [3.63, 3.8) is 0 Å². The first-order valence-electron chi connectivity index (χ1n) is 18.6. The zero-order valence-electron chi connectivity index (χ0n) is 32.4. The molecule has 0 saturated carbocycles. The Morgan fingerprint density at radius 2 is 1.11 bits per heavy atom. The minimum Gasteiger partial charge on any atom is -0.493 e. The zero-order chi connectivity index (χ0) is 38.3. The van der Waals surface area contributed by atoms with Crippen LogP contribution < -0.4 is 43.8 Å². The summed E-state index contributed by atoms with van der Waals surface area (Å²) in [6.45, 7) is 3.24. The van der Waals surface area contributed by atoms with Crippen LogP contribution in [0.2, 0.25) is 0 Å². The molecule has 4 aromatic carbocycles. The van der Waals surface area contributed by atoms with Crippen LogP contribution in [0.3, 0.4) is 0 Å². The number of nitrogens with one attached hydrogen (secondary N) is 2. The van der Waals surface area contributed by atoms with Gasteiger partial charge in [0.15, 0.2) is 34.5 Å². The molecule has 0 bridgehead atoms. The molecule has 1 aliphatic heterocycles. The van der Waals surface area contributed by atoms with Gasteiger partial charge < -0.3 is 43.8 Å². The number of ether oxygens (including phenoxy) is 7. The Labute approximate surface area is 319 Å². The fourth-order valence-electron chi connectivity index (χ4n) is 6.45. The van der Waals surface area contributed by atoms with Gasteiger partial charge in [-0.25, -0.2) is 0 Å². The van der Waals surface area contributed by atoms with Crippen LogP contribution in [0.4, 0.5) is 5.69 Å². The molecule has 10 nitrogen and oxygen atoms in total. The van der Waals surface area contributed by atoms with Gasteiger partial charge in [0, 0.05) is 5.69 Å². The van der Waals surface area contributed by atoms with Crippen molar-refractivity contribution in [1.82, 2.24) is 5.32 Å². The van der Waals surface area contributed by atoms with Crippen molar-refractivity contribution in [3.8, 4) is 40.2 Å². The highest BCUT2D eigenvalue weighted by molar-refractivity contribution is 6.01. The Kier molecular flexibility index (Phi) is 14.8. The average Bonchev–Trinajstić information content (AvgIpc) is 3.20. The quantitative estimate of drug-likeness (QED) is 0.0639. The van der Waals surface area contributed by atoms with Crippen molar-refractivity contribution in [1.29, 1.82) is 0 Å². The summed E-state index contributed by atoms with van der Waals surface area (Å²) < 4.78 is 39.8. The van der Waals surface area contributed by atoms with E-state index in [1.54, 1.807) is 35.5 Å². The van der Waals surface area contributed by atoms with Crippen LogP contribution in [-0.2, 0) is 0 Å². The highest BCUT2D eigenvalue weighted by atomic mass is 16.5. The summed E-state index contributed by atoms with van der Waals surface area (Å²) in [6, 6.07) is 21.4. The minimum atomic E-state index is -0.347. The molecule has 54 heavy (non-hydrogen) atoms. The van der Waals surface area contributed by atoms with Crippen LogP contribution in [0.5, 0.6) is 40.2 Å². The van der Waals surface area contributed by atoms with E-state index in [0.29, 0.717) is 53.3 Å². The van der Waals surface area contributed by atoms with Crippen LogP contribution in [-0.4, -0.2) is 54.7 Å². The lowest BCUT2D eigenvalue weighted by Crippen LogP contribution is -2.38. The predicted molar refractivity (Wildman–Crippen MR) is 214 cm³/mol. The maximum atomic E-state index is 12.7. The van der Waals surface area contributed by atoms with E-state index in [9.17, 15) is 4.79 Å². The Morgan fingerprint density at radius 1 is 0.537 bits per heavy atom. The molecule has 1 aliphatic rings. The summed E-state index contributed by atoms with van der Waals surface area (Å²) in [5.74, 6) is 4.49. The van der Waals surface area contributed by atoms with Gasteiger partial charge in [-0.05, 0) is 85.0 Å². The van der Waals surface area contributed by atoms with E-state index in [2.05, 4.69) is 10.6 Å². The molecule has 1 unspecified atom stereocenters. The largest absolute Gasteiger partial charge is 0.493 e. The van der Waals surface area contributed by atoms with Crippen LogP contribution in [0.25, 0.3) is 12.2 Å². The fraction of sp³-hybridized carbons (Fsp3) is 0.386. The van der Waals surface area contributed by atoms with E-state index in [-0.39, 0.29) is 12.1 Å². The molecule has 0 saturated heterocycles. The van der Waals surface area contributed by atoms with Crippen molar-refractivity contribution < 1.29 is 38.0 Å². The van der Waals surface area contributed by atoms with Gasteiger partial charge in [-0.15, -0.1) is 0 Å². The Balaban J connectivity index is 0.966. The van der Waals surface area contributed by atoms with Gasteiger partial charge in [-0.3, -0.25) is 4.79 Å². The lowest BCUT2D eigenvalue weighted by Gasteiger charge is -2.28. The van der Waals surface area contributed by atoms with E-state index < -0.39 is 0 Å². The molecular weight excluding hydrogens is 684 g/mol. The maximum Gasteiger partial charge on any atom is 0.255 e. The number of rotatable bonds is 21. The zero-order valence-corrected chi connectivity index (χ0v) is 32.4. The van der Waals surface area contributed by atoms with Gasteiger partial charge in [0.25, 0.3) is 5.91 Å². The molecule has 0 aromatic heterocycles. The number of hydrogen-bond acceptors (Lipinski definition) is 9. The third kappa shape index (κ3) is 10.6. The SMILES string of the molecule is COc1cc(C2NC(=O)c3cc(C)ccc3N2)ccc1OCCCCCCCCCCOc1cc(/C=C/c2cc(OC)c(OC)c(OC)c2)ccc1OC. The molecular formula is C44H54N2O8.